The van der Waals surface area contributed by atoms with Gasteiger partial charge in [0.25, 0.3) is 5.91 Å². The summed E-state index contributed by atoms with van der Waals surface area (Å²) in [6.45, 7) is 7.85. The molecule has 1 saturated heterocycles. The van der Waals surface area contributed by atoms with Gasteiger partial charge in [-0.25, -0.2) is 0 Å². The molecule has 0 aromatic carbocycles. The molecule has 2 aromatic heterocycles. The average Bonchev–Trinajstić information content (AvgIpc) is 2.97. The number of thiophene rings is 1. The normalized spacial score (nSPS) is 17.3. The lowest BCUT2D eigenvalue weighted by Crippen LogP contribution is -2.47. The first kappa shape index (κ1) is 13.6. The molecule has 0 saturated carbocycles. The predicted octanol–water partition coefficient (Wildman–Crippen LogP) is 2.67. The highest BCUT2D eigenvalue weighted by molar-refractivity contribution is 7.17. The van der Waals surface area contributed by atoms with Gasteiger partial charge in [-0.15, -0.1) is 11.3 Å². The van der Waals surface area contributed by atoms with Crippen LogP contribution < -0.4 is 0 Å². The zero-order valence-corrected chi connectivity index (χ0v) is 13.1. The van der Waals surface area contributed by atoms with Gasteiger partial charge in [0.15, 0.2) is 0 Å². The number of hydrogen-bond donors (Lipinski definition) is 0. The third-order valence-corrected chi connectivity index (χ3v) is 4.84. The number of likely N-dealkylation sites (N-methyl/N-ethyl adjacent to an activating group) is 1. The third-order valence-electron chi connectivity index (χ3n) is 3.99. The number of fused-ring (bicyclic) bond motifs is 1. The summed E-state index contributed by atoms with van der Waals surface area (Å²) in [5.41, 5.74) is 2.02. The Morgan fingerprint density at radius 3 is 2.60 bits per heavy atom. The van der Waals surface area contributed by atoms with E-state index in [2.05, 4.69) is 47.9 Å². The largest absolute Gasteiger partial charge is 0.335 e. The maximum atomic E-state index is 12.8. The van der Waals surface area contributed by atoms with Gasteiger partial charge < -0.3 is 14.4 Å². The molecule has 2 aromatic rings. The Morgan fingerprint density at radius 1 is 1.25 bits per heavy atom. The summed E-state index contributed by atoms with van der Waals surface area (Å²) in [6.07, 6.45) is 0. The third kappa shape index (κ3) is 2.25. The molecule has 108 valence electrons. The van der Waals surface area contributed by atoms with Crippen LogP contribution in [-0.2, 0) is 0 Å². The predicted molar refractivity (Wildman–Crippen MR) is 83.6 cm³/mol. The van der Waals surface area contributed by atoms with Crippen LogP contribution in [0.4, 0.5) is 0 Å². The maximum Gasteiger partial charge on any atom is 0.270 e. The first-order valence-corrected chi connectivity index (χ1v) is 8.02. The van der Waals surface area contributed by atoms with Crippen molar-refractivity contribution in [2.75, 3.05) is 33.2 Å². The van der Waals surface area contributed by atoms with Crippen molar-refractivity contribution in [1.82, 2.24) is 14.4 Å². The van der Waals surface area contributed by atoms with E-state index < -0.39 is 0 Å². The Kier molecular flexibility index (Phi) is 3.56. The summed E-state index contributed by atoms with van der Waals surface area (Å²) in [5.74, 6) is 0.176. The Balaban J connectivity index is 1.94. The lowest BCUT2D eigenvalue weighted by molar-refractivity contribution is 0.0652. The van der Waals surface area contributed by atoms with Gasteiger partial charge in [0.2, 0.25) is 0 Å². The van der Waals surface area contributed by atoms with Crippen LogP contribution in [0.5, 0.6) is 0 Å². The van der Waals surface area contributed by atoms with E-state index in [9.17, 15) is 4.79 Å². The van der Waals surface area contributed by atoms with Gasteiger partial charge >= 0.3 is 0 Å². The monoisotopic (exact) mass is 291 g/mol. The minimum absolute atomic E-state index is 0.176. The van der Waals surface area contributed by atoms with Crippen LogP contribution in [0.3, 0.4) is 0 Å². The fourth-order valence-electron chi connectivity index (χ4n) is 2.84. The first-order chi connectivity index (χ1) is 9.58. The minimum Gasteiger partial charge on any atom is -0.335 e. The van der Waals surface area contributed by atoms with E-state index in [0.29, 0.717) is 6.04 Å². The van der Waals surface area contributed by atoms with Crippen LogP contribution in [-0.4, -0.2) is 53.5 Å². The van der Waals surface area contributed by atoms with Gasteiger partial charge in [-0.1, -0.05) is 0 Å². The number of aromatic nitrogens is 1. The highest BCUT2D eigenvalue weighted by Gasteiger charge is 2.25. The van der Waals surface area contributed by atoms with E-state index in [1.165, 1.54) is 10.2 Å². The molecule has 1 fully saturated rings. The van der Waals surface area contributed by atoms with E-state index in [4.69, 9.17) is 0 Å². The molecule has 20 heavy (non-hydrogen) atoms. The van der Waals surface area contributed by atoms with Crippen molar-refractivity contribution in [2.24, 2.45) is 0 Å². The number of rotatable bonds is 2. The molecule has 5 heteroatoms. The molecular weight excluding hydrogens is 270 g/mol. The maximum absolute atomic E-state index is 12.8. The summed E-state index contributed by atoms with van der Waals surface area (Å²) in [6, 6.07) is 4.47. The lowest BCUT2D eigenvalue weighted by Gasteiger charge is -2.32. The summed E-state index contributed by atoms with van der Waals surface area (Å²) in [7, 11) is 2.11. The van der Waals surface area contributed by atoms with Crippen molar-refractivity contribution in [2.45, 2.75) is 19.9 Å². The zero-order valence-electron chi connectivity index (χ0n) is 12.3. The molecule has 0 atom stereocenters. The van der Waals surface area contributed by atoms with E-state index in [0.717, 1.165) is 31.9 Å². The Morgan fingerprint density at radius 2 is 1.95 bits per heavy atom. The molecule has 0 aliphatic carbocycles. The van der Waals surface area contributed by atoms with Crippen molar-refractivity contribution in [3.8, 4) is 0 Å². The highest BCUT2D eigenvalue weighted by atomic mass is 32.1. The number of nitrogens with zero attached hydrogens (tertiary/aromatic N) is 3. The highest BCUT2D eigenvalue weighted by Crippen LogP contribution is 2.29. The van der Waals surface area contributed by atoms with Crippen molar-refractivity contribution in [3.05, 3.63) is 23.2 Å². The van der Waals surface area contributed by atoms with Crippen molar-refractivity contribution in [1.29, 1.82) is 0 Å². The van der Waals surface area contributed by atoms with Crippen LogP contribution in [0.2, 0.25) is 0 Å². The van der Waals surface area contributed by atoms with Gasteiger partial charge in [-0.2, -0.15) is 0 Å². The molecule has 1 aliphatic rings. The second-order valence-electron chi connectivity index (χ2n) is 5.76. The van der Waals surface area contributed by atoms with Crippen molar-refractivity contribution in [3.63, 3.8) is 0 Å². The van der Waals surface area contributed by atoms with Crippen molar-refractivity contribution >= 4 is 27.5 Å². The molecule has 3 rings (SSSR count). The second-order valence-corrected chi connectivity index (χ2v) is 6.71. The summed E-state index contributed by atoms with van der Waals surface area (Å²) in [5, 5.41) is 2.09. The number of amides is 1. The quantitative estimate of drug-likeness (QED) is 0.851. The number of carbonyl (C=O) groups is 1. The minimum atomic E-state index is 0.176. The second kappa shape index (κ2) is 5.22. The smallest absolute Gasteiger partial charge is 0.270 e. The van der Waals surface area contributed by atoms with Crippen LogP contribution in [0, 0.1) is 0 Å². The summed E-state index contributed by atoms with van der Waals surface area (Å²) in [4.78, 5) is 17.0. The van der Waals surface area contributed by atoms with Crippen molar-refractivity contribution < 1.29 is 4.79 Å². The molecule has 3 heterocycles. The van der Waals surface area contributed by atoms with Gasteiger partial charge in [0, 0.05) is 32.2 Å². The van der Waals surface area contributed by atoms with Crippen LogP contribution in [0.1, 0.15) is 30.4 Å². The summed E-state index contributed by atoms with van der Waals surface area (Å²) < 4.78 is 3.38. The Labute approximate surface area is 123 Å². The van der Waals surface area contributed by atoms with Crippen LogP contribution >= 0.6 is 11.3 Å². The molecular formula is C15H21N3OS. The van der Waals surface area contributed by atoms with E-state index >= 15 is 0 Å². The molecule has 1 aliphatic heterocycles. The topological polar surface area (TPSA) is 28.5 Å². The standard InChI is InChI=1S/C15H21N3OS/c1-11(2)18-12-4-9-20-14(12)10-13(18)15(19)17-7-5-16(3)6-8-17/h4,9-11H,5-8H2,1-3H3. The fraction of sp³-hybridized carbons (Fsp3) is 0.533. The van der Waals surface area contributed by atoms with E-state index in [-0.39, 0.29) is 5.91 Å². The Hall–Kier alpha value is -1.33. The number of piperazine rings is 1. The van der Waals surface area contributed by atoms with Crippen LogP contribution in [0.25, 0.3) is 10.2 Å². The molecule has 4 nitrogen and oxygen atoms in total. The molecule has 0 N–H and O–H groups in total. The fourth-order valence-corrected chi connectivity index (χ4v) is 3.65. The molecule has 0 bridgehead atoms. The first-order valence-electron chi connectivity index (χ1n) is 7.14. The Bertz CT molecular complexity index is 620. The molecule has 1 amide bonds. The average molecular weight is 291 g/mol. The SMILES string of the molecule is CC(C)n1c(C(=O)N2CCN(C)CC2)cc2sccc21. The zero-order chi connectivity index (χ0) is 14.3. The van der Waals surface area contributed by atoms with Gasteiger partial charge in [0.1, 0.15) is 5.69 Å². The van der Waals surface area contributed by atoms with E-state index in [1.807, 2.05) is 4.90 Å². The number of carbonyl (C=O) groups excluding carboxylic acids is 1. The summed E-state index contributed by atoms with van der Waals surface area (Å²) >= 11 is 1.70. The van der Waals surface area contributed by atoms with Crippen LogP contribution in [0.15, 0.2) is 17.5 Å². The van der Waals surface area contributed by atoms with E-state index in [1.54, 1.807) is 11.3 Å². The van der Waals surface area contributed by atoms with Gasteiger partial charge in [-0.3, -0.25) is 4.79 Å². The number of hydrogen-bond acceptors (Lipinski definition) is 3. The van der Waals surface area contributed by atoms with Gasteiger partial charge in [0.05, 0.1) is 10.2 Å². The molecule has 0 spiro atoms. The lowest BCUT2D eigenvalue weighted by atomic mass is 10.2. The molecule has 0 radical (unpaired) electrons. The van der Waals surface area contributed by atoms with Gasteiger partial charge in [-0.05, 0) is 38.4 Å². The molecule has 0 unspecified atom stereocenters.